The molecular weight excluding hydrogens is 280 g/mol. The van der Waals surface area contributed by atoms with Crippen molar-refractivity contribution in [2.24, 2.45) is 5.73 Å². The number of thioether (sulfide) groups is 1. The molecule has 5 heteroatoms. The summed E-state index contributed by atoms with van der Waals surface area (Å²) in [6.07, 6.45) is 6.79. The number of benzene rings is 1. The molecule has 0 aliphatic heterocycles. The second-order valence-corrected chi connectivity index (χ2v) is 5.05. The first-order valence-corrected chi connectivity index (χ1v) is 7.63. The number of rotatable bonds is 8. The van der Waals surface area contributed by atoms with Crippen LogP contribution in [0.3, 0.4) is 0 Å². The Balaban J connectivity index is 0.00000324. The van der Waals surface area contributed by atoms with Crippen molar-refractivity contribution in [1.29, 1.82) is 0 Å². The number of hydrogen-bond acceptors (Lipinski definition) is 3. The maximum atomic E-state index is 11.8. The third kappa shape index (κ3) is 7.45. The molecule has 0 aromatic heterocycles. The average molecular weight is 303 g/mol. The van der Waals surface area contributed by atoms with E-state index in [4.69, 9.17) is 5.73 Å². The van der Waals surface area contributed by atoms with Crippen LogP contribution in [-0.2, 0) is 4.79 Å². The van der Waals surface area contributed by atoms with Gasteiger partial charge in [-0.3, -0.25) is 4.79 Å². The highest BCUT2D eigenvalue weighted by molar-refractivity contribution is 7.98. The van der Waals surface area contributed by atoms with Gasteiger partial charge in [-0.1, -0.05) is 25.0 Å². The van der Waals surface area contributed by atoms with Gasteiger partial charge in [0, 0.05) is 11.3 Å². The molecule has 0 heterocycles. The molecule has 0 saturated heterocycles. The van der Waals surface area contributed by atoms with Crippen molar-refractivity contribution in [3.63, 3.8) is 0 Å². The van der Waals surface area contributed by atoms with E-state index in [2.05, 4.69) is 5.32 Å². The van der Waals surface area contributed by atoms with Crippen LogP contribution >= 0.6 is 24.2 Å². The standard InChI is InChI=1S/C14H22N2OS.ClH/c1-18-13-9-6-5-8-12(13)16-14(17)10-4-2-3-7-11-15;/h5-6,8-9H,2-4,7,10-11,15H2,1H3,(H,16,17);1H. The van der Waals surface area contributed by atoms with Gasteiger partial charge in [0.2, 0.25) is 5.91 Å². The Bertz CT molecular complexity index is 374. The molecule has 1 amide bonds. The van der Waals surface area contributed by atoms with E-state index in [9.17, 15) is 4.79 Å². The Labute approximate surface area is 126 Å². The van der Waals surface area contributed by atoms with Gasteiger partial charge in [0.1, 0.15) is 0 Å². The summed E-state index contributed by atoms with van der Waals surface area (Å²) in [7, 11) is 0. The van der Waals surface area contributed by atoms with Gasteiger partial charge in [-0.05, 0) is 37.8 Å². The van der Waals surface area contributed by atoms with Crippen molar-refractivity contribution in [2.45, 2.75) is 37.0 Å². The molecule has 108 valence electrons. The van der Waals surface area contributed by atoms with E-state index in [1.807, 2.05) is 30.5 Å². The molecule has 0 aliphatic rings. The number of carbonyl (C=O) groups is 1. The minimum atomic E-state index is 0. The van der Waals surface area contributed by atoms with Crippen LogP contribution in [0, 0.1) is 0 Å². The number of unbranched alkanes of at least 4 members (excludes halogenated alkanes) is 3. The van der Waals surface area contributed by atoms with Gasteiger partial charge in [-0.25, -0.2) is 0 Å². The number of para-hydroxylation sites is 1. The summed E-state index contributed by atoms with van der Waals surface area (Å²) in [5.74, 6) is 0.101. The van der Waals surface area contributed by atoms with Gasteiger partial charge in [0.05, 0.1) is 5.69 Å². The second kappa shape index (κ2) is 11.1. The highest BCUT2D eigenvalue weighted by Crippen LogP contribution is 2.24. The molecule has 1 rings (SSSR count). The van der Waals surface area contributed by atoms with Gasteiger partial charge >= 0.3 is 0 Å². The lowest BCUT2D eigenvalue weighted by atomic mass is 10.1. The molecule has 0 spiro atoms. The number of hydrogen-bond donors (Lipinski definition) is 2. The molecule has 0 aliphatic carbocycles. The topological polar surface area (TPSA) is 55.1 Å². The van der Waals surface area contributed by atoms with E-state index in [0.29, 0.717) is 6.42 Å². The molecule has 0 unspecified atom stereocenters. The summed E-state index contributed by atoms with van der Waals surface area (Å²) in [4.78, 5) is 12.9. The summed E-state index contributed by atoms with van der Waals surface area (Å²) in [5.41, 5.74) is 6.34. The maximum absolute atomic E-state index is 11.8. The maximum Gasteiger partial charge on any atom is 0.224 e. The predicted octanol–water partition coefficient (Wildman–Crippen LogP) is 3.68. The van der Waals surface area contributed by atoms with Crippen LogP contribution in [0.1, 0.15) is 32.1 Å². The Hall–Kier alpha value is -0.710. The van der Waals surface area contributed by atoms with Crippen molar-refractivity contribution in [2.75, 3.05) is 18.1 Å². The first-order chi connectivity index (χ1) is 8.77. The summed E-state index contributed by atoms with van der Waals surface area (Å²) in [6.45, 7) is 0.743. The van der Waals surface area contributed by atoms with E-state index in [1.54, 1.807) is 11.8 Å². The fourth-order valence-electron chi connectivity index (χ4n) is 1.74. The predicted molar refractivity (Wildman–Crippen MR) is 86.2 cm³/mol. The molecular formula is C14H23ClN2OS. The highest BCUT2D eigenvalue weighted by atomic mass is 35.5. The monoisotopic (exact) mass is 302 g/mol. The molecule has 0 bridgehead atoms. The minimum absolute atomic E-state index is 0. The van der Waals surface area contributed by atoms with Crippen LogP contribution < -0.4 is 11.1 Å². The summed E-state index contributed by atoms with van der Waals surface area (Å²) in [6, 6.07) is 7.88. The molecule has 3 nitrogen and oxygen atoms in total. The van der Waals surface area contributed by atoms with Crippen LogP contribution in [0.15, 0.2) is 29.2 Å². The minimum Gasteiger partial charge on any atom is -0.330 e. The zero-order valence-electron chi connectivity index (χ0n) is 11.4. The number of nitrogens with one attached hydrogen (secondary N) is 1. The smallest absolute Gasteiger partial charge is 0.224 e. The van der Waals surface area contributed by atoms with E-state index in [-0.39, 0.29) is 18.3 Å². The van der Waals surface area contributed by atoms with Crippen LogP contribution in [0.5, 0.6) is 0 Å². The summed E-state index contributed by atoms with van der Waals surface area (Å²) < 4.78 is 0. The molecule has 0 fully saturated rings. The number of halogens is 1. The molecule has 0 radical (unpaired) electrons. The van der Waals surface area contributed by atoms with E-state index in [1.165, 1.54) is 0 Å². The zero-order chi connectivity index (χ0) is 13.2. The first kappa shape index (κ1) is 18.3. The molecule has 1 aromatic carbocycles. The summed E-state index contributed by atoms with van der Waals surface area (Å²) >= 11 is 1.64. The molecule has 0 atom stereocenters. The van der Waals surface area contributed by atoms with E-state index < -0.39 is 0 Å². The van der Waals surface area contributed by atoms with Crippen LogP contribution in [-0.4, -0.2) is 18.7 Å². The fourth-order valence-corrected chi connectivity index (χ4v) is 2.30. The normalized spacial score (nSPS) is 9.79. The van der Waals surface area contributed by atoms with Gasteiger partial charge < -0.3 is 11.1 Å². The van der Waals surface area contributed by atoms with Crippen LogP contribution in [0.2, 0.25) is 0 Å². The van der Waals surface area contributed by atoms with Gasteiger partial charge in [-0.2, -0.15) is 0 Å². The average Bonchev–Trinajstić information content (AvgIpc) is 2.39. The van der Waals surface area contributed by atoms with Crippen molar-refractivity contribution < 1.29 is 4.79 Å². The number of carbonyl (C=O) groups excluding carboxylic acids is 1. The van der Waals surface area contributed by atoms with Gasteiger partial charge in [0.25, 0.3) is 0 Å². The van der Waals surface area contributed by atoms with Crippen molar-refractivity contribution in [3.8, 4) is 0 Å². The van der Waals surface area contributed by atoms with E-state index in [0.717, 1.165) is 42.8 Å². The lowest BCUT2D eigenvalue weighted by molar-refractivity contribution is -0.116. The largest absolute Gasteiger partial charge is 0.330 e. The molecule has 19 heavy (non-hydrogen) atoms. The molecule has 1 aromatic rings. The van der Waals surface area contributed by atoms with Crippen molar-refractivity contribution in [3.05, 3.63) is 24.3 Å². The lowest BCUT2D eigenvalue weighted by Crippen LogP contribution is -2.11. The van der Waals surface area contributed by atoms with Crippen molar-refractivity contribution >= 4 is 35.8 Å². The number of nitrogens with two attached hydrogens (primary N) is 1. The Morgan fingerprint density at radius 1 is 1.21 bits per heavy atom. The van der Waals surface area contributed by atoms with Gasteiger partial charge in [-0.15, -0.1) is 24.2 Å². The van der Waals surface area contributed by atoms with Crippen LogP contribution in [0.4, 0.5) is 5.69 Å². The Kier molecular flexibility index (Phi) is 10.7. The van der Waals surface area contributed by atoms with E-state index >= 15 is 0 Å². The molecule has 3 N–H and O–H groups in total. The summed E-state index contributed by atoms with van der Waals surface area (Å²) in [5, 5.41) is 2.97. The molecule has 0 saturated carbocycles. The first-order valence-electron chi connectivity index (χ1n) is 6.41. The Morgan fingerprint density at radius 3 is 2.58 bits per heavy atom. The highest BCUT2D eigenvalue weighted by Gasteiger charge is 2.05. The SMILES string of the molecule is CSc1ccccc1NC(=O)CCCCCCN.Cl. The second-order valence-electron chi connectivity index (χ2n) is 4.20. The third-order valence-corrected chi connectivity index (χ3v) is 3.53. The zero-order valence-corrected chi connectivity index (χ0v) is 13.0. The quantitative estimate of drug-likeness (QED) is 0.569. The van der Waals surface area contributed by atoms with Gasteiger partial charge in [0.15, 0.2) is 0 Å². The van der Waals surface area contributed by atoms with Crippen molar-refractivity contribution in [1.82, 2.24) is 0 Å². The third-order valence-electron chi connectivity index (χ3n) is 2.74. The fraction of sp³-hybridized carbons (Fsp3) is 0.500. The van der Waals surface area contributed by atoms with Crippen LogP contribution in [0.25, 0.3) is 0 Å². The lowest BCUT2D eigenvalue weighted by Gasteiger charge is -2.08. The number of anilines is 1. The number of amides is 1. The Morgan fingerprint density at radius 2 is 1.89 bits per heavy atom.